The molecule has 0 atom stereocenters. The molecule has 60 valence electrons. The SMILES string of the molecule is [B]c1cc(F)c(C(=O)O)c(F)c1. The van der Waals surface area contributed by atoms with Gasteiger partial charge in [-0.2, -0.15) is 0 Å². The number of rotatable bonds is 1. The lowest BCUT2D eigenvalue weighted by molar-refractivity contribution is 0.0686. The fourth-order valence-corrected chi connectivity index (χ4v) is 0.797. The molecule has 0 heterocycles. The maximum Gasteiger partial charge on any atom is 0.341 e. The van der Waals surface area contributed by atoms with E-state index in [1.807, 2.05) is 0 Å². The number of benzene rings is 1. The molecule has 5 heteroatoms. The Balaban J connectivity index is 3.38. The van der Waals surface area contributed by atoms with Crippen molar-refractivity contribution in [2.24, 2.45) is 0 Å². The molecule has 1 aromatic rings. The molecule has 0 amide bonds. The van der Waals surface area contributed by atoms with E-state index < -0.39 is 23.2 Å². The molecule has 0 aromatic heterocycles. The summed E-state index contributed by atoms with van der Waals surface area (Å²) < 4.78 is 25.3. The van der Waals surface area contributed by atoms with Crippen LogP contribution < -0.4 is 5.46 Å². The molecule has 0 aliphatic rings. The smallest absolute Gasteiger partial charge is 0.341 e. The number of carbonyl (C=O) groups is 1. The summed E-state index contributed by atoms with van der Waals surface area (Å²) in [6.45, 7) is 0. The van der Waals surface area contributed by atoms with E-state index in [0.29, 0.717) is 0 Å². The van der Waals surface area contributed by atoms with Gasteiger partial charge >= 0.3 is 5.97 Å². The van der Waals surface area contributed by atoms with Crippen LogP contribution in [0.5, 0.6) is 0 Å². The Morgan fingerprint density at radius 3 is 2.08 bits per heavy atom. The maximum absolute atomic E-state index is 12.7. The number of carboxylic acids is 1. The number of halogens is 2. The fraction of sp³-hybridized carbons (Fsp3) is 0. The number of hydrogen-bond donors (Lipinski definition) is 1. The fourth-order valence-electron chi connectivity index (χ4n) is 0.797. The van der Waals surface area contributed by atoms with Crippen molar-refractivity contribution in [1.82, 2.24) is 0 Å². The van der Waals surface area contributed by atoms with Crippen molar-refractivity contribution in [2.45, 2.75) is 0 Å². The normalized spacial score (nSPS) is 9.83. The third-order valence-corrected chi connectivity index (χ3v) is 1.28. The van der Waals surface area contributed by atoms with Crippen molar-refractivity contribution in [3.05, 3.63) is 29.3 Å². The Hall–Kier alpha value is -1.39. The first-order valence-corrected chi connectivity index (χ1v) is 3.00. The lowest BCUT2D eigenvalue weighted by Gasteiger charge is -2.00. The quantitative estimate of drug-likeness (QED) is 0.618. The van der Waals surface area contributed by atoms with Gasteiger partial charge in [-0.05, 0) is 12.1 Å². The largest absolute Gasteiger partial charge is 0.477 e. The highest BCUT2D eigenvalue weighted by molar-refractivity contribution is 6.32. The van der Waals surface area contributed by atoms with Crippen LogP contribution in [0.15, 0.2) is 12.1 Å². The van der Waals surface area contributed by atoms with Gasteiger partial charge in [0.05, 0.1) is 0 Å². The third kappa shape index (κ3) is 1.44. The molecule has 2 radical (unpaired) electrons. The van der Waals surface area contributed by atoms with Crippen LogP contribution in [-0.2, 0) is 0 Å². The number of aromatic carboxylic acids is 1. The second-order valence-corrected chi connectivity index (χ2v) is 2.16. The highest BCUT2D eigenvalue weighted by Crippen LogP contribution is 2.09. The van der Waals surface area contributed by atoms with Gasteiger partial charge in [0.1, 0.15) is 25.0 Å². The molecule has 0 fully saturated rings. The van der Waals surface area contributed by atoms with E-state index in [0.717, 1.165) is 12.1 Å². The zero-order valence-electron chi connectivity index (χ0n) is 5.84. The summed E-state index contributed by atoms with van der Waals surface area (Å²) in [5.74, 6) is -3.98. The molecule has 1 N–H and O–H groups in total. The molecule has 0 bridgehead atoms. The van der Waals surface area contributed by atoms with E-state index in [2.05, 4.69) is 0 Å². The van der Waals surface area contributed by atoms with E-state index in [4.69, 9.17) is 13.0 Å². The zero-order chi connectivity index (χ0) is 9.30. The van der Waals surface area contributed by atoms with E-state index >= 15 is 0 Å². The minimum atomic E-state index is -1.65. The van der Waals surface area contributed by atoms with Crippen LogP contribution in [-0.4, -0.2) is 18.9 Å². The molecule has 1 aromatic carbocycles. The van der Waals surface area contributed by atoms with Crippen LogP contribution >= 0.6 is 0 Å². The van der Waals surface area contributed by atoms with Crippen molar-refractivity contribution in [2.75, 3.05) is 0 Å². The molecular formula is C7H3BF2O2. The summed E-state index contributed by atoms with van der Waals surface area (Å²) in [5, 5.41) is 8.32. The summed E-state index contributed by atoms with van der Waals surface area (Å²) in [5.41, 5.74) is -1.13. The van der Waals surface area contributed by atoms with Gasteiger partial charge < -0.3 is 5.11 Å². The Morgan fingerprint density at radius 1 is 1.33 bits per heavy atom. The van der Waals surface area contributed by atoms with Crippen LogP contribution in [0.1, 0.15) is 10.4 Å². The summed E-state index contributed by atoms with van der Waals surface area (Å²) in [7, 11) is 5.06. The maximum atomic E-state index is 12.7. The second-order valence-electron chi connectivity index (χ2n) is 2.16. The first-order chi connectivity index (χ1) is 5.52. The number of hydrogen-bond acceptors (Lipinski definition) is 1. The highest BCUT2D eigenvalue weighted by atomic mass is 19.1. The Morgan fingerprint density at radius 2 is 1.75 bits per heavy atom. The Labute approximate surface area is 68.2 Å². The summed E-state index contributed by atoms with van der Waals surface area (Å²) >= 11 is 0. The minimum Gasteiger partial charge on any atom is -0.477 e. The van der Waals surface area contributed by atoms with Gasteiger partial charge in [0.25, 0.3) is 0 Å². The van der Waals surface area contributed by atoms with Gasteiger partial charge in [0.2, 0.25) is 0 Å². The Bertz CT molecular complexity index is 315. The van der Waals surface area contributed by atoms with Crippen LogP contribution in [0.2, 0.25) is 0 Å². The molecule has 2 nitrogen and oxygen atoms in total. The van der Waals surface area contributed by atoms with Gasteiger partial charge in [-0.1, -0.05) is 5.46 Å². The van der Waals surface area contributed by atoms with Crippen LogP contribution in [0.25, 0.3) is 0 Å². The second kappa shape index (κ2) is 2.93. The van der Waals surface area contributed by atoms with E-state index in [1.54, 1.807) is 0 Å². The monoisotopic (exact) mass is 168 g/mol. The van der Waals surface area contributed by atoms with Crippen molar-refractivity contribution >= 4 is 19.3 Å². The molecule has 0 aliphatic heterocycles. The van der Waals surface area contributed by atoms with Crippen LogP contribution in [0.3, 0.4) is 0 Å². The summed E-state index contributed by atoms with van der Waals surface area (Å²) in [6.07, 6.45) is 0. The molecule has 0 saturated carbocycles. The molecule has 0 aliphatic carbocycles. The Kier molecular flexibility index (Phi) is 2.12. The van der Waals surface area contributed by atoms with E-state index in [-0.39, 0.29) is 5.46 Å². The predicted molar refractivity (Wildman–Crippen MR) is 38.7 cm³/mol. The summed E-state index contributed by atoms with van der Waals surface area (Å²) in [4.78, 5) is 10.2. The summed E-state index contributed by atoms with van der Waals surface area (Å²) in [6, 6.07) is 1.51. The van der Waals surface area contributed by atoms with Crippen molar-refractivity contribution in [3.63, 3.8) is 0 Å². The topological polar surface area (TPSA) is 37.3 Å². The van der Waals surface area contributed by atoms with Gasteiger partial charge in [-0.3, -0.25) is 0 Å². The molecule has 12 heavy (non-hydrogen) atoms. The van der Waals surface area contributed by atoms with Crippen molar-refractivity contribution in [1.29, 1.82) is 0 Å². The average molecular weight is 168 g/mol. The van der Waals surface area contributed by atoms with E-state index in [1.165, 1.54) is 0 Å². The first kappa shape index (κ1) is 8.71. The highest BCUT2D eigenvalue weighted by Gasteiger charge is 2.15. The molecule has 0 unspecified atom stereocenters. The standard InChI is InChI=1S/C7H3BF2O2/c8-3-1-4(9)6(7(11)12)5(10)2-3/h1-2H,(H,11,12). The molecule has 1 rings (SSSR count). The van der Waals surface area contributed by atoms with Gasteiger partial charge in [-0.25, -0.2) is 13.6 Å². The van der Waals surface area contributed by atoms with Crippen LogP contribution in [0.4, 0.5) is 8.78 Å². The number of carboxylic acid groups (broad SMARTS) is 1. The third-order valence-electron chi connectivity index (χ3n) is 1.28. The lowest BCUT2D eigenvalue weighted by Crippen LogP contribution is -2.12. The lowest BCUT2D eigenvalue weighted by atomic mass is 9.94. The van der Waals surface area contributed by atoms with Crippen molar-refractivity contribution < 1.29 is 18.7 Å². The van der Waals surface area contributed by atoms with Gasteiger partial charge in [0.15, 0.2) is 0 Å². The predicted octanol–water partition coefficient (Wildman–Crippen LogP) is 0.457. The first-order valence-electron chi connectivity index (χ1n) is 3.00. The van der Waals surface area contributed by atoms with Crippen LogP contribution in [0, 0.1) is 11.6 Å². The zero-order valence-corrected chi connectivity index (χ0v) is 5.84. The molecule has 0 saturated heterocycles. The van der Waals surface area contributed by atoms with E-state index in [9.17, 15) is 13.6 Å². The molecule has 0 spiro atoms. The van der Waals surface area contributed by atoms with Gasteiger partial charge in [-0.15, -0.1) is 0 Å². The van der Waals surface area contributed by atoms with Crippen molar-refractivity contribution in [3.8, 4) is 0 Å². The van der Waals surface area contributed by atoms with Gasteiger partial charge in [0, 0.05) is 0 Å². The molecular weight excluding hydrogens is 165 g/mol. The average Bonchev–Trinajstić information content (AvgIpc) is 1.82. The minimum absolute atomic E-state index is 0.144.